The van der Waals surface area contributed by atoms with Gasteiger partial charge in [-0.1, -0.05) is 241 Å². The Kier molecular flexibility index (Phi) is 34.2. The van der Waals surface area contributed by atoms with Crippen molar-refractivity contribution in [2.24, 2.45) is 10.8 Å². The molecule has 0 bridgehead atoms. The number of aryl methyl sites for hydroxylation is 1. The van der Waals surface area contributed by atoms with Gasteiger partial charge in [0.1, 0.15) is 19.0 Å². The van der Waals surface area contributed by atoms with Crippen molar-refractivity contribution in [2.45, 2.75) is 247 Å². The SMILES string of the molecule is CC.CC.CC.CC(C)(C)C.CC(C)(C)C.CC(C)(C)c1ccc2c(c1)COCC2.CC(C)(C)c1ccc2c(c1)OCCO2.CC(C)(C)c1cnc2cccnc2c1.CC1CCCc2ncc(C(C)(C)C)n21.c1ccc2ncccc2c1.c1ccc2nccnc2c1. The van der Waals surface area contributed by atoms with Gasteiger partial charge < -0.3 is 18.8 Å². The summed E-state index contributed by atoms with van der Waals surface area (Å²) >= 11 is 0. The van der Waals surface area contributed by atoms with Crippen molar-refractivity contribution in [2.75, 3.05) is 19.8 Å². The van der Waals surface area contributed by atoms with E-state index in [4.69, 9.17) is 14.2 Å². The fourth-order valence-electron chi connectivity index (χ4n) is 8.95. The third-order valence-corrected chi connectivity index (χ3v) is 13.6. The molecule has 0 fully saturated rings. The quantitative estimate of drug-likeness (QED) is 0.147. The monoisotopic (exact) mass is 1250 g/mol. The van der Waals surface area contributed by atoms with E-state index in [1.165, 1.54) is 57.6 Å². The standard InChI is InChI=1S/C13H18O.C12H20N2.C12H14N2.C12H16O2.C9H7N.C8H6N2.2C5H12.3C2H6/c1-13(2,3)12-5-4-10-6-7-14-9-11(10)8-12;1-9-6-5-7-11-13-8-10(14(9)11)12(2,3)4;1-12(2,3)9-7-11-10(14-8-9)5-4-6-13-11;1-12(2,3)9-4-5-10-11(8-9)14-7-6-13-10;1-2-6-9-8(4-1)5-3-7-10-9;1-2-4-8-7(3-1)9-5-6-10-8;2*1-5(2,3)4;3*1-2/h4-5,8H,6-7,9H2,1-3H3;8-9H,5-7H2,1-4H3;4-8H,1-3H3;4-5,8H,6-7H2,1-3H3;1-7H;1-6H;2*1-4H3;3*1-2H3. The highest BCUT2D eigenvalue weighted by molar-refractivity contribution is 5.78. The lowest BCUT2D eigenvalue weighted by atomic mass is 9.85. The Labute approximate surface area is 559 Å². The average molecular weight is 1250 g/mol. The van der Waals surface area contributed by atoms with Crippen LogP contribution in [0.2, 0.25) is 0 Å². The van der Waals surface area contributed by atoms with Gasteiger partial charge in [-0.2, -0.15) is 0 Å². The lowest BCUT2D eigenvalue weighted by molar-refractivity contribution is 0.110. The van der Waals surface area contributed by atoms with Crippen LogP contribution in [0.4, 0.5) is 0 Å². The summed E-state index contributed by atoms with van der Waals surface area (Å²) in [6, 6.07) is 39.5. The van der Waals surface area contributed by atoms with Crippen molar-refractivity contribution in [3.8, 4) is 11.5 Å². The molecule has 0 radical (unpaired) electrons. The van der Waals surface area contributed by atoms with Gasteiger partial charge in [0.25, 0.3) is 0 Å². The molecule has 1 unspecified atom stereocenters. The Morgan fingerprint density at radius 2 is 0.848 bits per heavy atom. The van der Waals surface area contributed by atoms with Gasteiger partial charge in [-0.15, -0.1) is 0 Å². The normalized spacial score (nSPS) is 13.7. The number of pyridine rings is 3. The van der Waals surface area contributed by atoms with Gasteiger partial charge in [0.15, 0.2) is 11.5 Å². The zero-order valence-corrected chi connectivity index (χ0v) is 62.5. The Morgan fingerprint density at radius 3 is 1.39 bits per heavy atom. The van der Waals surface area contributed by atoms with Crippen LogP contribution >= 0.6 is 0 Å². The molecule has 0 N–H and O–H groups in total. The van der Waals surface area contributed by atoms with Crippen LogP contribution in [0.3, 0.4) is 0 Å². The summed E-state index contributed by atoms with van der Waals surface area (Å²) in [5.74, 6) is 3.03. The molecule has 9 aromatic rings. The molecule has 1 atom stereocenters. The van der Waals surface area contributed by atoms with Crippen molar-refractivity contribution >= 4 is 33.0 Å². The Hall–Kier alpha value is -7.04. The molecule has 0 saturated carbocycles. The largest absolute Gasteiger partial charge is 0.486 e. The molecular formula is C82H123N7O3. The number of nitrogens with zero attached hydrogens (tertiary/aromatic N) is 7. The predicted octanol–water partition coefficient (Wildman–Crippen LogP) is 22.9. The number of fused-ring (bicyclic) bond motifs is 6. The molecule has 0 amide bonds. The molecule has 10 nitrogen and oxygen atoms in total. The summed E-state index contributed by atoms with van der Waals surface area (Å²) in [5, 5.41) is 1.20. The van der Waals surface area contributed by atoms with Crippen LogP contribution in [0.25, 0.3) is 33.0 Å². The van der Waals surface area contributed by atoms with Gasteiger partial charge in [0, 0.05) is 66.1 Å². The van der Waals surface area contributed by atoms with Gasteiger partial charge in [0.2, 0.25) is 0 Å². The summed E-state index contributed by atoms with van der Waals surface area (Å²) in [4.78, 5) is 25.6. The number of para-hydroxylation sites is 3. The number of ether oxygens (including phenoxy) is 3. The van der Waals surface area contributed by atoms with Crippen LogP contribution in [-0.4, -0.2) is 54.3 Å². The lowest BCUT2D eigenvalue weighted by Crippen LogP contribution is -2.23. The molecule has 92 heavy (non-hydrogen) atoms. The highest BCUT2D eigenvalue weighted by Crippen LogP contribution is 2.35. The molecule has 0 saturated heterocycles. The minimum absolute atomic E-state index is 0.138. The number of imidazole rings is 1. The summed E-state index contributed by atoms with van der Waals surface area (Å²) in [5.41, 5.74) is 14.8. The molecular weight excluding hydrogens is 1130 g/mol. The highest BCUT2D eigenvalue weighted by atomic mass is 16.6. The number of rotatable bonds is 0. The van der Waals surface area contributed by atoms with Gasteiger partial charge in [-0.05, 0) is 136 Å². The molecule has 0 spiro atoms. The van der Waals surface area contributed by atoms with E-state index >= 15 is 0 Å². The fraction of sp³-hybridized carbons (Fsp3) is 0.512. The molecule has 0 aliphatic carbocycles. The van der Waals surface area contributed by atoms with Gasteiger partial charge >= 0.3 is 0 Å². The lowest BCUT2D eigenvalue weighted by Gasteiger charge is -2.28. The maximum atomic E-state index is 5.53. The molecule has 4 aromatic carbocycles. The first-order valence-electron chi connectivity index (χ1n) is 34.0. The summed E-state index contributed by atoms with van der Waals surface area (Å²) in [7, 11) is 0. The predicted molar refractivity (Wildman–Crippen MR) is 397 cm³/mol. The van der Waals surface area contributed by atoms with Crippen LogP contribution in [0, 0.1) is 10.8 Å². The van der Waals surface area contributed by atoms with Crippen LogP contribution in [0.5, 0.6) is 11.5 Å². The second-order valence-corrected chi connectivity index (χ2v) is 29.8. The molecule has 10 heteroatoms. The van der Waals surface area contributed by atoms with Gasteiger partial charge in [0.05, 0.1) is 40.8 Å². The van der Waals surface area contributed by atoms with Crippen molar-refractivity contribution < 1.29 is 14.2 Å². The summed E-state index contributed by atoms with van der Waals surface area (Å²) < 4.78 is 18.9. The number of benzene rings is 4. The van der Waals surface area contributed by atoms with E-state index in [-0.39, 0.29) is 21.7 Å². The van der Waals surface area contributed by atoms with Crippen molar-refractivity contribution in [3.05, 3.63) is 192 Å². The highest BCUT2D eigenvalue weighted by Gasteiger charge is 2.26. The summed E-state index contributed by atoms with van der Waals surface area (Å²) in [6.07, 6.45) is 15.8. The number of hydrogen-bond donors (Lipinski definition) is 0. The smallest absolute Gasteiger partial charge is 0.161 e. The average Bonchev–Trinajstić information content (AvgIpc) is 1.60. The first-order chi connectivity index (χ1) is 43.1. The third kappa shape index (κ3) is 30.1. The third-order valence-electron chi connectivity index (χ3n) is 13.6. The Balaban J connectivity index is 0.000000360. The van der Waals surface area contributed by atoms with E-state index in [1.807, 2.05) is 121 Å². The second-order valence-electron chi connectivity index (χ2n) is 29.8. The van der Waals surface area contributed by atoms with Crippen LogP contribution in [0.15, 0.2) is 152 Å². The van der Waals surface area contributed by atoms with E-state index in [0.29, 0.717) is 30.1 Å². The van der Waals surface area contributed by atoms with E-state index in [0.717, 1.165) is 65.1 Å². The summed E-state index contributed by atoms with van der Waals surface area (Å²) in [6.45, 7) is 61.4. The fourth-order valence-corrected chi connectivity index (χ4v) is 8.95. The molecule has 3 aliphatic rings. The molecule has 5 aromatic heterocycles. The van der Waals surface area contributed by atoms with Crippen molar-refractivity contribution in [3.63, 3.8) is 0 Å². The second kappa shape index (κ2) is 38.8. The van der Waals surface area contributed by atoms with E-state index in [2.05, 4.69) is 235 Å². The zero-order chi connectivity index (χ0) is 69.5. The Bertz CT molecular complexity index is 3190. The first-order valence-corrected chi connectivity index (χ1v) is 34.0. The van der Waals surface area contributed by atoms with E-state index in [1.54, 1.807) is 18.6 Å². The van der Waals surface area contributed by atoms with Crippen molar-refractivity contribution in [1.82, 2.24) is 34.5 Å². The number of aromatic nitrogens is 7. The van der Waals surface area contributed by atoms with Crippen LogP contribution in [0.1, 0.15) is 245 Å². The molecule has 8 heterocycles. The topological polar surface area (TPSA) is 110 Å². The van der Waals surface area contributed by atoms with Crippen molar-refractivity contribution in [1.29, 1.82) is 0 Å². The van der Waals surface area contributed by atoms with Gasteiger partial charge in [-0.25, -0.2) is 4.98 Å². The minimum Gasteiger partial charge on any atom is -0.486 e. The first kappa shape index (κ1) is 81.1. The minimum atomic E-state index is 0.138. The van der Waals surface area contributed by atoms with Crippen LogP contribution < -0.4 is 9.47 Å². The molecule has 3 aliphatic heterocycles. The number of hydrogen-bond acceptors (Lipinski definition) is 9. The molecule has 504 valence electrons. The maximum absolute atomic E-state index is 5.53. The van der Waals surface area contributed by atoms with Crippen LogP contribution in [-0.2, 0) is 45.8 Å². The molecule has 12 rings (SSSR count). The van der Waals surface area contributed by atoms with E-state index in [9.17, 15) is 0 Å². The Morgan fingerprint density at radius 1 is 0.391 bits per heavy atom. The maximum Gasteiger partial charge on any atom is 0.161 e. The zero-order valence-electron chi connectivity index (χ0n) is 62.5. The van der Waals surface area contributed by atoms with Gasteiger partial charge in [-0.3, -0.25) is 24.9 Å². The van der Waals surface area contributed by atoms with E-state index < -0.39 is 0 Å².